The van der Waals surface area contributed by atoms with Gasteiger partial charge in [0.2, 0.25) is 5.96 Å². The first-order valence-electron chi connectivity index (χ1n) is 8.64. The van der Waals surface area contributed by atoms with Crippen LogP contribution in [-0.2, 0) is 4.74 Å². The molecule has 6 nitrogen and oxygen atoms in total. The van der Waals surface area contributed by atoms with Crippen molar-refractivity contribution >= 4 is 22.9 Å². The molecule has 3 heterocycles. The summed E-state index contributed by atoms with van der Waals surface area (Å²) >= 11 is 1.64. The summed E-state index contributed by atoms with van der Waals surface area (Å²) in [5.41, 5.74) is 6.15. The summed E-state index contributed by atoms with van der Waals surface area (Å²) < 4.78 is 5.54. The summed E-state index contributed by atoms with van der Waals surface area (Å²) in [6.07, 6.45) is 8.33. The van der Waals surface area contributed by atoms with Crippen molar-refractivity contribution in [1.29, 1.82) is 0 Å². The van der Waals surface area contributed by atoms with Crippen LogP contribution in [0.5, 0.6) is 0 Å². The molecule has 0 aromatic rings. The third-order valence-corrected chi connectivity index (χ3v) is 5.63. The fourth-order valence-electron chi connectivity index (χ4n) is 3.84. The molecule has 126 valence electrons. The van der Waals surface area contributed by atoms with Gasteiger partial charge in [0.05, 0.1) is 31.5 Å². The Morgan fingerprint density at radius 2 is 2.04 bits per heavy atom. The molecule has 1 N–H and O–H groups in total. The Hall–Kier alpha value is -1.05. The Morgan fingerprint density at radius 1 is 1.17 bits per heavy atom. The van der Waals surface area contributed by atoms with Gasteiger partial charge in [-0.15, -0.1) is 0 Å². The van der Waals surface area contributed by atoms with Crippen LogP contribution in [0.1, 0.15) is 32.1 Å². The molecular weight excluding hydrogens is 310 g/mol. The van der Waals surface area contributed by atoms with Crippen molar-refractivity contribution in [2.75, 3.05) is 39.1 Å². The van der Waals surface area contributed by atoms with Crippen molar-refractivity contribution in [2.45, 2.75) is 38.1 Å². The van der Waals surface area contributed by atoms with E-state index in [9.17, 15) is 0 Å². The molecule has 1 unspecified atom stereocenters. The first-order valence-corrected chi connectivity index (χ1v) is 9.87. The molecule has 3 aliphatic heterocycles. The van der Waals surface area contributed by atoms with Crippen LogP contribution >= 0.6 is 11.8 Å². The van der Waals surface area contributed by atoms with Gasteiger partial charge in [-0.3, -0.25) is 10.3 Å². The molecule has 0 bridgehead atoms. The first-order chi connectivity index (χ1) is 11.3. The third-order valence-electron chi connectivity index (χ3n) is 5.06. The van der Waals surface area contributed by atoms with Crippen LogP contribution in [0.2, 0.25) is 0 Å². The van der Waals surface area contributed by atoms with Crippen molar-refractivity contribution in [3.63, 3.8) is 0 Å². The smallest absolute Gasteiger partial charge is 0.247 e. The largest absolute Gasteiger partial charge is 0.379 e. The molecule has 1 saturated heterocycles. The van der Waals surface area contributed by atoms with E-state index in [1.165, 1.54) is 43.4 Å². The minimum atomic E-state index is 0.442. The van der Waals surface area contributed by atoms with Gasteiger partial charge < -0.3 is 4.74 Å². The molecule has 0 aromatic heterocycles. The lowest BCUT2D eigenvalue weighted by Gasteiger charge is -2.38. The van der Waals surface area contributed by atoms with Gasteiger partial charge in [0, 0.05) is 13.1 Å². The normalized spacial score (nSPS) is 29.1. The number of fused-ring (bicyclic) bond motifs is 1. The summed E-state index contributed by atoms with van der Waals surface area (Å²) in [5.74, 6) is 0.840. The van der Waals surface area contributed by atoms with Crippen LogP contribution in [-0.4, -0.2) is 66.2 Å². The van der Waals surface area contributed by atoms with Crippen LogP contribution < -0.4 is 5.43 Å². The number of hydrogen-bond acceptors (Lipinski definition) is 7. The Kier molecular flexibility index (Phi) is 4.59. The predicted octanol–water partition coefficient (Wildman–Crippen LogP) is 1.81. The maximum absolute atomic E-state index is 5.54. The van der Waals surface area contributed by atoms with Gasteiger partial charge in [-0.2, -0.15) is 4.99 Å². The number of rotatable bonds is 1. The first kappa shape index (κ1) is 15.5. The van der Waals surface area contributed by atoms with Gasteiger partial charge in [0.1, 0.15) is 0 Å². The van der Waals surface area contributed by atoms with Gasteiger partial charge in [0.25, 0.3) is 0 Å². The number of morpholine rings is 1. The van der Waals surface area contributed by atoms with Crippen molar-refractivity contribution < 1.29 is 4.74 Å². The number of nitrogens with zero attached hydrogens (tertiary/aromatic N) is 4. The maximum Gasteiger partial charge on any atom is 0.247 e. The molecule has 7 heteroatoms. The molecule has 1 atom stereocenters. The minimum absolute atomic E-state index is 0.442. The number of hydrogen-bond donors (Lipinski definition) is 1. The summed E-state index contributed by atoms with van der Waals surface area (Å²) in [6.45, 7) is 4.65. The molecule has 0 radical (unpaired) electrons. The second kappa shape index (κ2) is 6.83. The van der Waals surface area contributed by atoms with Crippen LogP contribution in [0, 0.1) is 0 Å². The molecule has 0 aromatic carbocycles. The van der Waals surface area contributed by atoms with Crippen LogP contribution in [0.15, 0.2) is 21.3 Å². The monoisotopic (exact) mass is 335 g/mol. The van der Waals surface area contributed by atoms with E-state index in [2.05, 4.69) is 20.3 Å². The molecule has 4 rings (SSSR count). The molecular formula is C16H25N5OS. The van der Waals surface area contributed by atoms with E-state index >= 15 is 0 Å². The lowest BCUT2D eigenvalue weighted by molar-refractivity contribution is 0.0207. The van der Waals surface area contributed by atoms with E-state index in [0.717, 1.165) is 44.0 Å². The highest BCUT2D eigenvalue weighted by atomic mass is 32.2. The fraction of sp³-hybridized carbons (Fsp3) is 0.750. The highest BCUT2D eigenvalue weighted by molar-refractivity contribution is 8.13. The standard InChI is InChI=1S/C16H25N5OS/c1-23-16-18-15-17-14-12(11-21(15)19-16)5-3-2-4-6-13(14)20-7-9-22-10-8-20/h13H,2-11H2,1H3,(H,17,18,19). The lowest BCUT2D eigenvalue weighted by atomic mass is 9.92. The zero-order valence-corrected chi connectivity index (χ0v) is 14.6. The highest BCUT2D eigenvalue weighted by Gasteiger charge is 2.33. The molecule has 23 heavy (non-hydrogen) atoms. The van der Waals surface area contributed by atoms with E-state index in [-0.39, 0.29) is 0 Å². The van der Waals surface area contributed by atoms with E-state index in [1.54, 1.807) is 11.8 Å². The van der Waals surface area contributed by atoms with E-state index in [1.807, 2.05) is 6.26 Å². The lowest BCUT2D eigenvalue weighted by Crippen LogP contribution is -2.47. The maximum atomic E-state index is 5.54. The number of aliphatic imine (C=N–C) groups is 2. The summed E-state index contributed by atoms with van der Waals surface area (Å²) in [5, 5.41) is 3.05. The third kappa shape index (κ3) is 3.14. The molecule has 1 aliphatic carbocycles. The zero-order valence-electron chi connectivity index (χ0n) is 13.8. The SMILES string of the molecule is CSC1=NC2=NC3=C(CCCCCC3N3CCOCC3)CN2N1. The number of hydrazine groups is 1. The highest BCUT2D eigenvalue weighted by Crippen LogP contribution is 2.32. The predicted molar refractivity (Wildman–Crippen MR) is 94.5 cm³/mol. The van der Waals surface area contributed by atoms with Gasteiger partial charge in [-0.25, -0.2) is 10.0 Å². The Bertz CT molecular complexity index is 553. The van der Waals surface area contributed by atoms with Gasteiger partial charge >= 0.3 is 0 Å². The van der Waals surface area contributed by atoms with Crippen molar-refractivity contribution in [1.82, 2.24) is 15.3 Å². The Labute approximate surface area is 142 Å². The fourth-order valence-corrected chi connectivity index (χ4v) is 4.21. The number of nitrogens with one attached hydrogen (secondary N) is 1. The molecule has 0 spiro atoms. The van der Waals surface area contributed by atoms with Gasteiger partial charge in [0.15, 0.2) is 5.17 Å². The molecule has 0 amide bonds. The number of amidine groups is 1. The van der Waals surface area contributed by atoms with Crippen LogP contribution in [0.3, 0.4) is 0 Å². The minimum Gasteiger partial charge on any atom is -0.379 e. The topological polar surface area (TPSA) is 52.5 Å². The zero-order chi connectivity index (χ0) is 15.6. The average molecular weight is 335 g/mol. The molecule has 4 aliphatic rings. The van der Waals surface area contributed by atoms with Crippen molar-refractivity contribution in [3.8, 4) is 0 Å². The second-order valence-corrected chi connectivity index (χ2v) is 7.28. The number of ether oxygens (including phenoxy) is 1. The van der Waals surface area contributed by atoms with Gasteiger partial charge in [-0.1, -0.05) is 24.6 Å². The summed E-state index contributed by atoms with van der Waals surface area (Å²) in [7, 11) is 0. The second-order valence-electron chi connectivity index (χ2n) is 6.48. The Morgan fingerprint density at radius 3 is 2.87 bits per heavy atom. The molecule has 1 fully saturated rings. The summed E-state index contributed by atoms with van der Waals surface area (Å²) in [4.78, 5) is 12.2. The van der Waals surface area contributed by atoms with Gasteiger partial charge in [-0.05, 0) is 31.1 Å². The molecule has 0 saturated carbocycles. The van der Waals surface area contributed by atoms with Crippen LogP contribution in [0.25, 0.3) is 0 Å². The Balaban J connectivity index is 1.65. The number of guanidine groups is 1. The van der Waals surface area contributed by atoms with E-state index in [0.29, 0.717) is 6.04 Å². The van der Waals surface area contributed by atoms with Crippen LogP contribution in [0.4, 0.5) is 0 Å². The average Bonchev–Trinajstić information content (AvgIpc) is 2.98. The quantitative estimate of drug-likeness (QED) is 0.792. The summed E-state index contributed by atoms with van der Waals surface area (Å²) in [6, 6.07) is 0.442. The van der Waals surface area contributed by atoms with Crippen molar-refractivity contribution in [2.24, 2.45) is 9.98 Å². The van der Waals surface area contributed by atoms with E-state index in [4.69, 9.17) is 9.73 Å². The number of thioether (sulfide) groups is 1. The van der Waals surface area contributed by atoms with E-state index < -0.39 is 0 Å². The van der Waals surface area contributed by atoms with Crippen molar-refractivity contribution in [3.05, 3.63) is 11.3 Å².